The summed E-state index contributed by atoms with van der Waals surface area (Å²) in [6.07, 6.45) is 6.09. The van der Waals surface area contributed by atoms with E-state index in [9.17, 15) is 4.79 Å². The quantitative estimate of drug-likeness (QED) is 0.250. The molecule has 1 heterocycles. The van der Waals surface area contributed by atoms with Crippen molar-refractivity contribution >= 4 is 14.3 Å². The Bertz CT molecular complexity index is 673. The molecule has 2 fully saturated rings. The lowest BCUT2D eigenvalue weighted by atomic mass is 9.67. The first-order valence-electron chi connectivity index (χ1n) is 12.4. The summed E-state index contributed by atoms with van der Waals surface area (Å²) in [7, 11) is -2.07. The zero-order valence-corrected chi connectivity index (χ0v) is 22.2. The number of allylic oxidation sites excluding steroid dienone is 1. The molecule has 0 aromatic heterocycles. The van der Waals surface area contributed by atoms with Crippen molar-refractivity contribution in [3.63, 3.8) is 0 Å². The first-order valence-corrected chi connectivity index (χ1v) is 14.5. The van der Waals surface area contributed by atoms with Crippen LogP contribution in [0.2, 0.25) is 16.6 Å². The van der Waals surface area contributed by atoms with Crippen molar-refractivity contribution in [1.29, 1.82) is 0 Å². The van der Waals surface area contributed by atoms with E-state index in [2.05, 4.69) is 75.3 Å². The van der Waals surface area contributed by atoms with Gasteiger partial charge >= 0.3 is 5.97 Å². The number of hydrogen-bond acceptors (Lipinski definition) is 3. The molecule has 0 aromatic carbocycles. The third kappa shape index (κ3) is 3.54. The Hall–Kier alpha value is -0.613. The molecule has 3 aliphatic rings. The Morgan fingerprint density at radius 2 is 1.60 bits per heavy atom. The number of esters is 1. The summed E-state index contributed by atoms with van der Waals surface area (Å²) in [4.78, 5) is 12.6. The maximum atomic E-state index is 12.6. The lowest BCUT2D eigenvalue weighted by molar-refractivity contribution is -0.143. The third-order valence-corrected chi connectivity index (χ3v) is 15.4. The maximum absolute atomic E-state index is 12.6. The van der Waals surface area contributed by atoms with Crippen LogP contribution in [-0.4, -0.2) is 26.5 Å². The fourth-order valence-corrected chi connectivity index (χ4v) is 13.3. The van der Waals surface area contributed by atoms with Crippen molar-refractivity contribution in [2.24, 2.45) is 22.7 Å². The lowest BCUT2D eigenvalue weighted by Gasteiger charge is -2.48. The van der Waals surface area contributed by atoms with Gasteiger partial charge in [-0.25, -0.2) is 0 Å². The van der Waals surface area contributed by atoms with Crippen molar-refractivity contribution in [2.45, 2.75) is 124 Å². The van der Waals surface area contributed by atoms with Gasteiger partial charge in [-0.1, -0.05) is 80.9 Å². The number of hydrogen-bond donors (Lipinski definition) is 0. The van der Waals surface area contributed by atoms with Gasteiger partial charge in [-0.05, 0) is 53.1 Å². The van der Waals surface area contributed by atoms with Crippen LogP contribution in [0, 0.1) is 22.7 Å². The smallest absolute Gasteiger partial charge is 0.306 e. The number of carbonyl (C=O) groups excluding carboxylic acids is 1. The lowest BCUT2D eigenvalue weighted by Crippen LogP contribution is -2.54. The summed E-state index contributed by atoms with van der Waals surface area (Å²) in [5.41, 5.74) is 3.05. The average Bonchev–Trinajstić information content (AvgIpc) is 3.04. The highest BCUT2D eigenvalue weighted by Gasteiger charge is 2.61. The van der Waals surface area contributed by atoms with Gasteiger partial charge in [0.1, 0.15) is 6.10 Å². The molecule has 0 unspecified atom stereocenters. The van der Waals surface area contributed by atoms with E-state index in [1.165, 1.54) is 0 Å². The van der Waals surface area contributed by atoms with E-state index in [-0.39, 0.29) is 29.0 Å². The van der Waals surface area contributed by atoms with Crippen LogP contribution in [0.15, 0.2) is 11.6 Å². The molecule has 0 bridgehead atoms. The summed E-state index contributed by atoms with van der Waals surface area (Å²) < 4.78 is 13.5. The Balaban J connectivity index is 2.07. The topological polar surface area (TPSA) is 35.5 Å². The van der Waals surface area contributed by atoms with E-state index in [1.807, 2.05) is 0 Å². The van der Waals surface area contributed by atoms with Crippen LogP contribution in [0.5, 0.6) is 0 Å². The van der Waals surface area contributed by atoms with Gasteiger partial charge in [0.2, 0.25) is 8.32 Å². The van der Waals surface area contributed by atoms with Crippen molar-refractivity contribution < 1.29 is 14.0 Å². The van der Waals surface area contributed by atoms with E-state index in [4.69, 9.17) is 9.16 Å². The van der Waals surface area contributed by atoms with E-state index >= 15 is 0 Å². The molecule has 0 spiro atoms. The number of carbonyl (C=O) groups is 1. The first kappa shape index (κ1) is 24.0. The Labute approximate surface area is 186 Å². The van der Waals surface area contributed by atoms with Crippen LogP contribution in [0.1, 0.15) is 94.9 Å². The fraction of sp³-hybridized carbons (Fsp3) is 0.885. The van der Waals surface area contributed by atoms with Crippen molar-refractivity contribution in [2.75, 3.05) is 0 Å². The highest BCUT2D eigenvalue weighted by atomic mass is 28.4. The largest absolute Gasteiger partial charge is 0.462 e. The summed E-state index contributed by atoms with van der Waals surface area (Å²) in [6, 6.07) is 0. The third-order valence-electron chi connectivity index (χ3n) is 9.31. The van der Waals surface area contributed by atoms with Crippen molar-refractivity contribution in [3.05, 3.63) is 11.6 Å². The molecule has 4 heteroatoms. The first-order chi connectivity index (χ1) is 13.8. The predicted octanol–water partition coefficient (Wildman–Crippen LogP) is 7.27. The normalized spacial score (nSPS) is 36.9. The maximum Gasteiger partial charge on any atom is 0.306 e. The predicted molar refractivity (Wildman–Crippen MR) is 127 cm³/mol. The molecule has 172 valence electrons. The molecule has 1 saturated heterocycles. The Morgan fingerprint density at radius 3 is 2.10 bits per heavy atom. The Kier molecular flexibility index (Phi) is 6.46. The fourth-order valence-electron chi connectivity index (χ4n) is 7.61. The highest BCUT2D eigenvalue weighted by Crippen LogP contribution is 2.60. The summed E-state index contributed by atoms with van der Waals surface area (Å²) in [6.45, 7) is 23.5. The molecule has 3 rings (SSSR count). The molecule has 3 nitrogen and oxygen atoms in total. The summed E-state index contributed by atoms with van der Waals surface area (Å²) in [5.74, 6) is 1.22. The second kappa shape index (κ2) is 8.06. The minimum absolute atomic E-state index is 0.0304. The van der Waals surface area contributed by atoms with Crippen LogP contribution in [-0.2, 0) is 14.0 Å². The molecule has 1 aliphatic heterocycles. The highest BCUT2D eigenvalue weighted by molar-refractivity contribution is 6.77. The molecular formula is C26H46O3Si. The molecule has 1 saturated carbocycles. The van der Waals surface area contributed by atoms with E-state index < -0.39 is 8.32 Å². The minimum atomic E-state index is -2.07. The van der Waals surface area contributed by atoms with Crippen LogP contribution in [0.3, 0.4) is 0 Å². The van der Waals surface area contributed by atoms with Crippen LogP contribution < -0.4 is 0 Å². The van der Waals surface area contributed by atoms with Gasteiger partial charge in [-0.2, -0.15) is 0 Å². The second-order valence-corrected chi connectivity index (χ2v) is 17.6. The van der Waals surface area contributed by atoms with Gasteiger partial charge in [0, 0.05) is 5.41 Å². The van der Waals surface area contributed by atoms with Crippen molar-refractivity contribution in [3.8, 4) is 0 Å². The summed E-state index contributed by atoms with van der Waals surface area (Å²) >= 11 is 0. The summed E-state index contributed by atoms with van der Waals surface area (Å²) in [5, 5.41) is 0. The second-order valence-electron chi connectivity index (χ2n) is 12.2. The number of ether oxygens (including phenoxy) is 1. The van der Waals surface area contributed by atoms with Crippen molar-refractivity contribution in [1.82, 2.24) is 0 Å². The SMILES string of the molecule is CC(C)[C@@H]1CC=C2C[C@@H](O[Si](C(C)C)(C(C)C)C(C)C)[C@]3(C)CC(=O)O[C@@H]3C[C@]21C. The number of fused-ring (bicyclic) bond motifs is 2. The molecule has 0 radical (unpaired) electrons. The monoisotopic (exact) mass is 434 g/mol. The van der Waals surface area contributed by atoms with Gasteiger partial charge < -0.3 is 9.16 Å². The van der Waals surface area contributed by atoms with Gasteiger partial charge in [0.05, 0.1) is 12.5 Å². The standard InChI is InChI=1S/C26H46O3Si/c1-16(2)21-12-11-20-13-22(29-30(17(3)4,18(5)6)19(7)8)26(10)15-24(27)28-23(26)14-25(20,21)9/h11,16-19,21-23H,12-15H2,1-10H3/t21-,22+,23+,25+,26-/m0/s1. The average molecular weight is 435 g/mol. The molecular weight excluding hydrogens is 388 g/mol. The van der Waals surface area contributed by atoms with Crippen LogP contribution in [0.4, 0.5) is 0 Å². The molecule has 30 heavy (non-hydrogen) atoms. The van der Waals surface area contributed by atoms with Crippen LogP contribution >= 0.6 is 0 Å². The zero-order valence-electron chi connectivity index (χ0n) is 21.2. The molecule has 0 aromatic rings. The molecule has 0 N–H and O–H groups in total. The molecule has 2 aliphatic carbocycles. The Morgan fingerprint density at radius 1 is 1.03 bits per heavy atom. The molecule has 5 atom stereocenters. The van der Waals surface area contributed by atoms with E-state index in [0.717, 1.165) is 19.3 Å². The van der Waals surface area contributed by atoms with E-state index in [0.29, 0.717) is 34.9 Å². The number of rotatable bonds is 6. The van der Waals surface area contributed by atoms with E-state index in [1.54, 1.807) is 5.57 Å². The van der Waals surface area contributed by atoms with Gasteiger partial charge in [0.25, 0.3) is 0 Å². The van der Waals surface area contributed by atoms with Crippen LogP contribution in [0.25, 0.3) is 0 Å². The van der Waals surface area contributed by atoms with Gasteiger partial charge in [-0.15, -0.1) is 0 Å². The zero-order chi connectivity index (χ0) is 22.6. The minimum Gasteiger partial charge on any atom is -0.462 e. The molecule has 0 amide bonds. The van der Waals surface area contributed by atoms with Gasteiger partial charge in [0.15, 0.2) is 0 Å². The van der Waals surface area contributed by atoms with Gasteiger partial charge in [-0.3, -0.25) is 4.79 Å².